The molecule has 0 spiro atoms. The second kappa shape index (κ2) is 14.1. The van der Waals surface area contributed by atoms with Crippen LogP contribution in [0.1, 0.15) is 0 Å². The Morgan fingerprint density at radius 1 is 0.276 bits per heavy atom. The number of benzene rings is 10. The molecule has 0 bridgehead atoms. The highest BCUT2D eigenvalue weighted by atomic mass is 15.2. The van der Waals surface area contributed by atoms with Gasteiger partial charge >= 0.3 is 0 Å². The molecule has 2 nitrogen and oxygen atoms in total. The number of nitrogens with zero attached hydrogens (tertiary/aromatic N) is 2. The topological polar surface area (TPSA) is 6.48 Å². The van der Waals surface area contributed by atoms with Crippen LogP contribution in [0, 0.1) is 0 Å². The van der Waals surface area contributed by atoms with Crippen LogP contribution in [0.3, 0.4) is 0 Å². The molecule has 1 aliphatic heterocycles. The first kappa shape index (κ1) is 33.6. The van der Waals surface area contributed by atoms with Gasteiger partial charge in [-0.2, -0.15) is 0 Å². The number of hydrogen-bond acceptors (Lipinski definition) is 2. The van der Waals surface area contributed by atoms with Crippen molar-refractivity contribution in [3.8, 4) is 44.5 Å². The van der Waals surface area contributed by atoms with Crippen LogP contribution in [0.4, 0.5) is 34.1 Å². The Balaban J connectivity index is 1.01. The number of fused-ring (bicyclic) bond motifs is 3. The van der Waals surface area contributed by atoms with E-state index in [4.69, 9.17) is 0 Å². The summed E-state index contributed by atoms with van der Waals surface area (Å²) in [5.74, 6) is 0. The van der Waals surface area contributed by atoms with Gasteiger partial charge in [0.15, 0.2) is 0 Å². The zero-order chi connectivity index (χ0) is 38.4. The lowest BCUT2D eigenvalue weighted by Crippen LogP contribution is -2.15. The van der Waals surface area contributed by atoms with E-state index in [1.54, 1.807) is 0 Å². The van der Waals surface area contributed by atoms with Crippen molar-refractivity contribution < 1.29 is 0 Å². The zero-order valence-electron chi connectivity index (χ0n) is 31.8. The van der Waals surface area contributed by atoms with Gasteiger partial charge in [0.25, 0.3) is 0 Å². The molecule has 0 saturated carbocycles. The van der Waals surface area contributed by atoms with Crippen molar-refractivity contribution in [3.05, 3.63) is 231 Å². The fourth-order valence-electron chi connectivity index (χ4n) is 8.74. The lowest BCUT2D eigenvalue weighted by Gasteiger charge is -2.34. The van der Waals surface area contributed by atoms with Gasteiger partial charge in [0.05, 0.1) is 11.4 Å². The molecule has 0 amide bonds. The Kier molecular flexibility index (Phi) is 8.19. The predicted molar refractivity (Wildman–Crippen MR) is 246 cm³/mol. The Morgan fingerprint density at radius 2 is 0.845 bits per heavy atom. The molecule has 0 saturated heterocycles. The van der Waals surface area contributed by atoms with Gasteiger partial charge < -0.3 is 9.80 Å². The van der Waals surface area contributed by atoms with Gasteiger partial charge in [0, 0.05) is 33.7 Å². The van der Waals surface area contributed by atoms with Crippen LogP contribution >= 0.6 is 0 Å². The van der Waals surface area contributed by atoms with Gasteiger partial charge in [-0.05, 0) is 134 Å². The average molecular weight is 739 g/mol. The maximum Gasteiger partial charge on any atom is 0.0546 e. The minimum Gasteiger partial charge on any atom is -0.310 e. The summed E-state index contributed by atoms with van der Waals surface area (Å²) >= 11 is 0. The maximum absolute atomic E-state index is 2.42. The third-order valence-corrected chi connectivity index (χ3v) is 11.5. The van der Waals surface area contributed by atoms with Crippen LogP contribution in [0.5, 0.6) is 0 Å². The Bertz CT molecular complexity index is 3020. The van der Waals surface area contributed by atoms with E-state index in [-0.39, 0.29) is 0 Å². The summed E-state index contributed by atoms with van der Waals surface area (Å²) < 4.78 is 0. The van der Waals surface area contributed by atoms with Gasteiger partial charge in [0.1, 0.15) is 0 Å². The molecule has 58 heavy (non-hydrogen) atoms. The fraction of sp³-hybridized carbons (Fsp3) is 0. The minimum atomic E-state index is 1.10. The Labute approximate surface area is 339 Å². The van der Waals surface area contributed by atoms with Gasteiger partial charge in [-0.3, -0.25) is 0 Å². The molecular formula is C56H38N2. The molecule has 10 aromatic rings. The molecule has 1 aliphatic rings. The van der Waals surface area contributed by atoms with E-state index in [9.17, 15) is 0 Å². The summed E-state index contributed by atoms with van der Waals surface area (Å²) in [6.45, 7) is 0. The standard InChI is InChI=1S/C56H38N2/c1-5-15-39(16-6-1)45-34-46(40-17-7-2-8-18-40)36-51(35-45)57(48-21-9-3-10-22-48)50-31-29-41(30-32-50)43-27-28-44-38-55-53(37-47(44)33-43)52-25-13-19-42-20-14-26-54(56(42)52)58(55)49-23-11-4-12-24-49/h1-38H. The predicted octanol–water partition coefficient (Wildman–Crippen LogP) is 15.9. The van der Waals surface area contributed by atoms with Crippen LogP contribution in [0.25, 0.3) is 66.1 Å². The number of para-hydroxylation sites is 2. The van der Waals surface area contributed by atoms with E-state index in [0.29, 0.717) is 0 Å². The van der Waals surface area contributed by atoms with E-state index in [1.807, 2.05) is 0 Å². The molecule has 1 heterocycles. The SMILES string of the molecule is c1ccc(-c2cc(-c3ccccc3)cc(N(c3ccccc3)c3ccc(-c4ccc5cc6c(cc5c4)-c4cccc5cccc(c45)N6c4ccccc4)cc3)c2)cc1. The van der Waals surface area contributed by atoms with Crippen molar-refractivity contribution in [1.82, 2.24) is 0 Å². The summed E-state index contributed by atoms with van der Waals surface area (Å²) in [6, 6.07) is 83.7. The van der Waals surface area contributed by atoms with Gasteiger partial charge in [-0.15, -0.1) is 0 Å². The van der Waals surface area contributed by atoms with E-state index in [0.717, 1.165) is 22.7 Å². The molecule has 0 aliphatic carbocycles. The van der Waals surface area contributed by atoms with E-state index in [2.05, 4.69) is 240 Å². The van der Waals surface area contributed by atoms with Crippen molar-refractivity contribution >= 4 is 55.7 Å². The molecule has 272 valence electrons. The van der Waals surface area contributed by atoms with Crippen LogP contribution < -0.4 is 9.80 Å². The summed E-state index contributed by atoms with van der Waals surface area (Å²) in [7, 11) is 0. The first-order valence-electron chi connectivity index (χ1n) is 19.9. The lowest BCUT2D eigenvalue weighted by molar-refractivity contribution is 1.28. The average Bonchev–Trinajstić information content (AvgIpc) is 3.30. The van der Waals surface area contributed by atoms with Gasteiger partial charge in [-0.1, -0.05) is 152 Å². The van der Waals surface area contributed by atoms with E-state index >= 15 is 0 Å². The lowest BCUT2D eigenvalue weighted by atomic mass is 9.88. The summed E-state index contributed by atoms with van der Waals surface area (Å²) in [5.41, 5.74) is 16.5. The quantitative estimate of drug-likeness (QED) is 0.161. The summed E-state index contributed by atoms with van der Waals surface area (Å²) in [4.78, 5) is 4.79. The van der Waals surface area contributed by atoms with E-state index < -0.39 is 0 Å². The molecule has 0 fully saturated rings. The van der Waals surface area contributed by atoms with Crippen molar-refractivity contribution in [2.24, 2.45) is 0 Å². The van der Waals surface area contributed by atoms with Crippen molar-refractivity contribution in [3.63, 3.8) is 0 Å². The molecule has 0 N–H and O–H groups in total. The smallest absolute Gasteiger partial charge is 0.0546 e. The first-order chi connectivity index (χ1) is 28.7. The zero-order valence-corrected chi connectivity index (χ0v) is 31.8. The maximum atomic E-state index is 2.42. The molecule has 0 unspecified atom stereocenters. The van der Waals surface area contributed by atoms with Crippen molar-refractivity contribution in [1.29, 1.82) is 0 Å². The second-order valence-electron chi connectivity index (χ2n) is 15.0. The number of rotatable bonds is 7. The summed E-state index contributed by atoms with van der Waals surface area (Å²) in [5, 5.41) is 4.99. The fourth-order valence-corrected chi connectivity index (χ4v) is 8.74. The largest absolute Gasteiger partial charge is 0.310 e. The highest BCUT2D eigenvalue weighted by Gasteiger charge is 2.26. The molecule has 0 atom stereocenters. The van der Waals surface area contributed by atoms with E-state index in [1.165, 1.54) is 77.4 Å². The molecule has 2 heteroatoms. The van der Waals surface area contributed by atoms with Crippen LogP contribution in [-0.2, 0) is 0 Å². The third-order valence-electron chi connectivity index (χ3n) is 11.5. The number of anilines is 6. The highest BCUT2D eigenvalue weighted by molar-refractivity contribution is 6.15. The summed E-state index contributed by atoms with van der Waals surface area (Å²) in [6.07, 6.45) is 0. The molecular weight excluding hydrogens is 701 g/mol. The molecule has 0 aromatic heterocycles. The molecule has 11 rings (SSSR count). The number of hydrogen-bond donors (Lipinski definition) is 0. The second-order valence-corrected chi connectivity index (χ2v) is 15.0. The van der Waals surface area contributed by atoms with Crippen LogP contribution in [0.15, 0.2) is 231 Å². The Hall–Kier alpha value is -7.68. The third kappa shape index (κ3) is 5.91. The van der Waals surface area contributed by atoms with Gasteiger partial charge in [0.2, 0.25) is 0 Å². The van der Waals surface area contributed by atoms with Crippen molar-refractivity contribution in [2.75, 3.05) is 9.80 Å². The Morgan fingerprint density at radius 3 is 1.52 bits per heavy atom. The molecule has 10 aromatic carbocycles. The van der Waals surface area contributed by atoms with Crippen LogP contribution in [0.2, 0.25) is 0 Å². The first-order valence-corrected chi connectivity index (χ1v) is 19.9. The normalized spacial score (nSPS) is 11.8. The van der Waals surface area contributed by atoms with Crippen LogP contribution in [-0.4, -0.2) is 0 Å². The minimum absolute atomic E-state index is 1.10. The highest BCUT2D eigenvalue weighted by Crippen LogP contribution is 2.52. The van der Waals surface area contributed by atoms with Crippen molar-refractivity contribution in [2.45, 2.75) is 0 Å². The van der Waals surface area contributed by atoms with Gasteiger partial charge in [-0.25, -0.2) is 0 Å². The molecule has 0 radical (unpaired) electrons. The monoisotopic (exact) mass is 738 g/mol.